The first-order valence-electron chi connectivity index (χ1n) is 21.1. The van der Waals surface area contributed by atoms with E-state index in [4.69, 9.17) is 19.9 Å². The molecule has 0 spiro atoms. The van der Waals surface area contributed by atoms with Crippen LogP contribution in [-0.4, -0.2) is 19.9 Å². The third-order valence-corrected chi connectivity index (χ3v) is 10.7. The average molecular weight is 827 g/mol. The summed E-state index contributed by atoms with van der Waals surface area (Å²) >= 11 is 0. The predicted molar refractivity (Wildman–Crippen MR) is 262 cm³/mol. The number of pyridine rings is 4. The number of rotatable bonds is 13. The first-order valence-corrected chi connectivity index (χ1v) is 21.1. The molecule has 8 nitrogen and oxygen atoms in total. The Morgan fingerprint density at radius 1 is 0.203 bits per heavy atom. The molecule has 6 aromatic carbocycles. The average Bonchev–Trinajstić information content (AvgIpc) is 3.37. The largest absolute Gasteiger partial charge is 0.295 e. The Morgan fingerprint density at radius 2 is 0.422 bits per heavy atom. The molecule has 10 rings (SSSR count). The zero-order valence-corrected chi connectivity index (χ0v) is 34.8. The van der Waals surface area contributed by atoms with Gasteiger partial charge in [-0.3, -0.25) is 19.6 Å². The fraction of sp³-hybridized carbons (Fsp3) is 0. The predicted octanol–water partition coefficient (Wildman–Crippen LogP) is 14.8. The lowest BCUT2D eigenvalue weighted by molar-refractivity contribution is 1.15. The molecular weight excluding hydrogens is 785 g/mol. The second-order valence-electron chi connectivity index (χ2n) is 14.9. The van der Waals surface area contributed by atoms with Gasteiger partial charge in [-0.2, -0.15) is 0 Å². The highest BCUT2D eigenvalue weighted by atomic mass is 15.2. The lowest BCUT2D eigenvalue weighted by atomic mass is 10.00. The molecule has 64 heavy (non-hydrogen) atoms. The summed E-state index contributed by atoms with van der Waals surface area (Å²) < 4.78 is 0. The maximum absolute atomic E-state index is 4.91. The van der Waals surface area contributed by atoms with Crippen molar-refractivity contribution in [1.29, 1.82) is 0 Å². The molecule has 0 fully saturated rings. The number of aromatic nitrogens is 4. The molecule has 0 N–H and O–H groups in total. The van der Waals surface area contributed by atoms with Gasteiger partial charge in [0.1, 0.15) is 23.3 Å². The number of anilines is 12. The smallest absolute Gasteiger partial charge is 0.137 e. The minimum Gasteiger partial charge on any atom is -0.295 e. The second-order valence-corrected chi connectivity index (χ2v) is 14.9. The molecule has 0 saturated carbocycles. The zero-order chi connectivity index (χ0) is 42.9. The zero-order valence-electron chi connectivity index (χ0n) is 34.8. The monoisotopic (exact) mass is 826 g/mol. The normalized spacial score (nSPS) is 10.8. The van der Waals surface area contributed by atoms with Gasteiger partial charge >= 0.3 is 0 Å². The molecule has 10 aromatic rings. The van der Waals surface area contributed by atoms with Crippen molar-refractivity contribution in [2.45, 2.75) is 0 Å². The SMILES string of the molecule is c1ccc(N(c2cc(-c3cc(N(c4ccccc4)c4ccccn4)cc(N(c4ccccc4)c4ccccn4)c3)cc(N(c3ccccc3)c3ccccn3)c2)c2ccccn2)cc1. The summed E-state index contributed by atoms with van der Waals surface area (Å²) in [5.74, 6) is 3.13. The minimum absolute atomic E-state index is 0.783. The van der Waals surface area contributed by atoms with Gasteiger partial charge in [0.05, 0.1) is 22.7 Å². The molecule has 0 unspecified atom stereocenters. The number of para-hydroxylation sites is 4. The number of hydrogen-bond donors (Lipinski definition) is 0. The molecule has 8 heteroatoms. The van der Waals surface area contributed by atoms with Crippen LogP contribution in [0, 0.1) is 0 Å². The van der Waals surface area contributed by atoms with Crippen LogP contribution in [0.25, 0.3) is 11.1 Å². The van der Waals surface area contributed by atoms with Crippen molar-refractivity contribution in [2.75, 3.05) is 19.6 Å². The standard InChI is InChI=1S/C56H42N8/c1-5-21-45(22-6-1)61(53-29-13-17-33-57-53)49-37-43(38-50(41-49)62(46-23-7-2-8-24-46)54-30-14-18-34-58-54)44-39-51(63(47-25-9-3-10-26-47)55-31-15-19-35-59-55)42-52(40-44)64(48-27-11-4-12-28-48)56-32-16-20-36-60-56/h1-42H. The number of benzene rings is 6. The Kier molecular flexibility index (Phi) is 11.3. The van der Waals surface area contributed by atoms with Gasteiger partial charge in [-0.25, -0.2) is 19.9 Å². The Balaban J connectivity index is 1.28. The summed E-state index contributed by atoms with van der Waals surface area (Å²) in [5.41, 5.74) is 9.46. The summed E-state index contributed by atoms with van der Waals surface area (Å²) in [6.07, 6.45) is 7.34. The summed E-state index contributed by atoms with van der Waals surface area (Å²) in [6, 6.07) is 79.0. The van der Waals surface area contributed by atoms with Crippen LogP contribution >= 0.6 is 0 Å². The molecule has 0 aliphatic rings. The molecule has 0 radical (unpaired) electrons. The molecule has 0 atom stereocenters. The quantitative estimate of drug-likeness (QED) is 0.114. The van der Waals surface area contributed by atoms with E-state index in [2.05, 4.69) is 153 Å². The summed E-state index contributed by atoms with van der Waals surface area (Å²) in [5, 5.41) is 0. The van der Waals surface area contributed by atoms with Crippen molar-refractivity contribution in [3.63, 3.8) is 0 Å². The van der Waals surface area contributed by atoms with E-state index >= 15 is 0 Å². The van der Waals surface area contributed by atoms with Crippen molar-refractivity contribution in [1.82, 2.24) is 19.9 Å². The maximum Gasteiger partial charge on any atom is 0.137 e. The van der Waals surface area contributed by atoms with Gasteiger partial charge in [0.2, 0.25) is 0 Å². The topological polar surface area (TPSA) is 64.5 Å². The van der Waals surface area contributed by atoms with Gasteiger partial charge < -0.3 is 0 Å². The van der Waals surface area contributed by atoms with Crippen LogP contribution < -0.4 is 19.6 Å². The Morgan fingerprint density at radius 3 is 0.625 bits per heavy atom. The Labute approximate surface area is 373 Å². The van der Waals surface area contributed by atoms with Gasteiger partial charge in [-0.05, 0) is 145 Å². The maximum atomic E-state index is 4.91. The van der Waals surface area contributed by atoms with Crippen LogP contribution in [0.15, 0.2) is 255 Å². The van der Waals surface area contributed by atoms with Gasteiger partial charge in [-0.15, -0.1) is 0 Å². The molecule has 306 valence electrons. The van der Waals surface area contributed by atoms with Crippen molar-refractivity contribution in [2.24, 2.45) is 0 Å². The molecule has 0 saturated heterocycles. The fourth-order valence-corrected chi connectivity index (χ4v) is 7.95. The highest BCUT2D eigenvalue weighted by molar-refractivity contribution is 5.90. The molecule has 0 aliphatic heterocycles. The summed E-state index contributed by atoms with van der Waals surface area (Å²) in [6.45, 7) is 0. The first-order chi connectivity index (χ1) is 31.8. The van der Waals surface area contributed by atoms with E-state index in [-0.39, 0.29) is 0 Å². The Hall–Kier alpha value is -8.88. The van der Waals surface area contributed by atoms with Crippen LogP contribution in [0.3, 0.4) is 0 Å². The second kappa shape index (κ2) is 18.4. The van der Waals surface area contributed by atoms with E-state index in [0.717, 1.165) is 79.9 Å². The van der Waals surface area contributed by atoms with Gasteiger partial charge in [0, 0.05) is 47.5 Å². The lowest BCUT2D eigenvalue weighted by Gasteiger charge is -2.30. The van der Waals surface area contributed by atoms with Crippen molar-refractivity contribution < 1.29 is 0 Å². The third kappa shape index (κ3) is 8.39. The van der Waals surface area contributed by atoms with E-state index in [0.29, 0.717) is 0 Å². The number of nitrogens with zero attached hydrogens (tertiary/aromatic N) is 8. The van der Waals surface area contributed by atoms with E-state index in [1.807, 2.05) is 122 Å². The minimum atomic E-state index is 0.783. The third-order valence-electron chi connectivity index (χ3n) is 10.7. The van der Waals surface area contributed by atoms with Crippen LogP contribution in [0.2, 0.25) is 0 Å². The molecule has 0 amide bonds. The lowest BCUT2D eigenvalue weighted by Crippen LogP contribution is -2.16. The van der Waals surface area contributed by atoms with E-state index in [1.54, 1.807) is 0 Å². The van der Waals surface area contributed by atoms with Crippen LogP contribution in [-0.2, 0) is 0 Å². The molecular formula is C56H42N8. The molecule has 4 aromatic heterocycles. The Bertz CT molecular complexity index is 2470. The van der Waals surface area contributed by atoms with Gasteiger partial charge in [0.15, 0.2) is 0 Å². The fourth-order valence-electron chi connectivity index (χ4n) is 7.95. The molecule has 0 aliphatic carbocycles. The van der Waals surface area contributed by atoms with Gasteiger partial charge in [-0.1, -0.05) is 97.1 Å². The molecule has 0 bridgehead atoms. The van der Waals surface area contributed by atoms with Crippen molar-refractivity contribution in [3.05, 3.63) is 255 Å². The van der Waals surface area contributed by atoms with E-state index < -0.39 is 0 Å². The highest BCUT2D eigenvalue weighted by Crippen LogP contribution is 2.46. The summed E-state index contributed by atoms with van der Waals surface area (Å²) in [4.78, 5) is 28.4. The van der Waals surface area contributed by atoms with E-state index in [9.17, 15) is 0 Å². The highest BCUT2D eigenvalue weighted by Gasteiger charge is 2.24. The first kappa shape index (κ1) is 39.3. The molecule has 4 heterocycles. The summed E-state index contributed by atoms with van der Waals surface area (Å²) in [7, 11) is 0. The number of hydrogen-bond acceptors (Lipinski definition) is 8. The van der Waals surface area contributed by atoms with E-state index in [1.165, 1.54) is 0 Å². The van der Waals surface area contributed by atoms with Crippen LogP contribution in [0.1, 0.15) is 0 Å². The van der Waals surface area contributed by atoms with Crippen molar-refractivity contribution >= 4 is 68.8 Å². The van der Waals surface area contributed by atoms with Gasteiger partial charge in [0.25, 0.3) is 0 Å². The van der Waals surface area contributed by atoms with Crippen molar-refractivity contribution in [3.8, 4) is 11.1 Å². The van der Waals surface area contributed by atoms with Crippen LogP contribution in [0.5, 0.6) is 0 Å². The van der Waals surface area contributed by atoms with Crippen LogP contribution in [0.4, 0.5) is 68.8 Å².